The van der Waals surface area contributed by atoms with Gasteiger partial charge < -0.3 is 13.9 Å². The zero-order valence-corrected chi connectivity index (χ0v) is 23.1. The number of para-hydroxylation sites is 1. The quantitative estimate of drug-likeness (QED) is 0.177. The van der Waals surface area contributed by atoms with E-state index in [1.807, 2.05) is 0 Å². The fourth-order valence-corrected chi connectivity index (χ4v) is 5.79. The van der Waals surface area contributed by atoms with E-state index in [1.54, 1.807) is 56.3 Å². The lowest BCUT2D eigenvalue weighted by atomic mass is 9.95. The summed E-state index contributed by atoms with van der Waals surface area (Å²) in [6.45, 7) is 3.58. The van der Waals surface area contributed by atoms with Crippen LogP contribution >= 0.6 is 22.9 Å². The number of fused-ring (bicyclic) bond motifs is 1. The number of methoxy groups -OCH3 is 1. The number of furan rings is 1. The van der Waals surface area contributed by atoms with Crippen molar-refractivity contribution in [2.75, 3.05) is 13.7 Å². The Morgan fingerprint density at radius 2 is 2.02 bits per heavy atom. The average Bonchev–Trinajstić information content (AvgIpc) is 3.51. The molecule has 2 aromatic heterocycles. The maximum atomic E-state index is 13.8. The fraction of sp³-hybridized carbons (Fsp3) is 0.179. The molecular weight excluding hydrogens is 558 g/mol. The van der Waals surface area contributed by atoms with Gasteiger partial charge in [-0.25, -0.2) is 9.79 Å². The minimum Gasteiger partial charge on any atom is -0.496 e. The van der Waals surface area contributed by atoms with Gasteiger partial charge in [0.1, 0.15) is 23.3 Å². The number of nitro benzene ring substituents is 1. The number of hydrogen-bond donors (Lipinski definition) is 0. The Morgan fingerprint density at radius 1 is 1.25 bits per heavy atom. The molecule has 0 amide bonds. The predicted octanol–water partition coefficient (Wildman–Crippen LogP) is 4.63. The average molecular weight is 580 g/mol. The maximum absolute atomic E-state index is 13.8. The number of nitro groups is 1. The molecule has 1 aliphatic rings. The van der Waals surface area contributed by atoms with Crippen LogP contribution in [0.25, 0.3) is 17.4 Å². The van der Waals surface area contributed by atoms with Crippen LogP contribution in [0.15, 0.2) is 80.1 Å². The van der Waals surface area contributed by atoms with Crippen molar-refractivity contribution < 1.29 is 23.6 Å². The van der Waals surface area contributed by atoms with Crippen LogP contribution in [0.1, 0.15) is 31.2 Å². The van der Waals surface area contributed by atoms with Crippen molar-refractivity contribution in [3.05, 3.63) is 112 Å². The molecule has 0 N–H and O–H groups in total. The second kappa shape index (κ2) is 10.9. The van der Waals surface area contributed by atoms with Crippen LogP contribution < -0.4 is 19.6 Å². The molecule has 4 aromatic rings. The number of hydrogen-bond acceptors (Lipinski definition) is 9. The van der Waals surface area contributed by atoms with Gasteiger partial charge in [0.25, 0.3) is 11.2 Å². The van der Waals surface area contributed by atoms with Gasteiger partial charge in [-0.1, -0.05) is 41.1 Å². The third kappa shape index (κ3) is 4.85. The standard InChI is InChI=1S/C28H22ClN3O7S/c1-4-38-27(34)24-15(2)30-28-31(25(24)19-7-5-6-8-21(19)37-3)26(33)23(40-28)14-17-10-12-22(39-17)18-11-9-16(32(35)36)13-20(18)29/h5-14,25H,4H2,1-3H3/b23-14+. The normalized spacial score (nSPS) is 15.0. The summed E-state index contributed by atoms with van der Waals surface area (Å²) >= 11 is 7.41. The lowest BCUT2D eigenvalue weighted by Crippen LogP contribution is -2.40. The molecule has 12 heteroatoms. The van der Waals surface area contributed by atoms with Crippen LogP contribution in [0.3, 0.4) is 0 Å². The number of non-ortho nitro benzene ring substituents is 1. The Hall–Kier alpha value is -4.48. The number of esters is 1. The van der Waals surface area contributed by atoms with E-state index in [1.165, 1.54) is 29.9 Å². The molecule has 0 aliphatic carbocycles. The molecule has 204 valence electrons. The fourth-order valence-electron chi connectivity index (χ4n) is 4.50. The predicted molar refractivity (Wildman–Crippen MR) is 149 cm³/mol. The van der Waals surface area contributed by atoms with Gasteiger partial charge in [-0.2, -0.15) is 0 Å². The first kappa shape index (κ1) is 27.1. The summed E-state index contributed by atoms with van der Waals surface area (Å²) in [6.07, 6.45) is 1.58. The number of rotatable bonds is 7. The van der Waals surface area contributed by atoms with Crippen LogP contribution in [0.5, 0.6) is 5.75 Å². The number of carbonyl (C=O) groups is 1. The van der Waals surface area contributed by atoms with Crippen LogP contribution in [0.4, 0.5) is 5.69 Å². The maximum Gasteiger partial charge on any atom is 0.338 e. The molecular formula is C28H22ClN3O7S. The molecule has 0 saturated heterocycles. The van der Waals surface area contributed by atoms with E-state index >= 15 is 0 Å². The smallest absolute Gasteiger partial charge is 0.338 e. The number of nitrogens with zero attached hydrogens (tertiary/aromatic N) is 3. The molecule has 40 heavy (non-hydrogen) atoms. The second-order valence-corrected chi connectivity index (χ2v) is 10.1. The molecule has 3 heterocycles. The van der Waals surface area contributed by atoms with E-state index < -0.39 is 16.9 Å². The zero-order chi connectivity index (χ0) is 28.6. The van der Waals surface area contributed by atoms with E-state index in [2.05, 4.69) is 4.99 Å². The summed E-state index contributed by atoms with van der Waals surface area (Å²) in [6, 6.07) is 13.8. The van der Waals surface area contributed by atoms with E-state index in [-0.39, 0.29) is 28.4 Å². The summed E-state index contributed by atoms with van der Waals surface area (Å²) in [7, 11) is 1.52. The summed E-state index contributed by atoms with van der Waals surface area (Å²) in [5.41, 5.74) is 1.26. The van der Waals surface area contributed by atoms with Gasteiger partial charge in [-0.15, -0.1) is 0 Å². The summed E-state index contributed by atoms with van der Waals surface area (Å²) in [4.78, 5) is 42.3. The number of carbonyl (C=O) groups excluding carboxylic acids is 1. The van der Waals surface area contributed by atoms with Crippen molar-refractivity contribution in [2.24, 2.45) is 4.99 Å². The first-order valence-corrected chi connectivity index (χ1v) is 13.3. The highest BCUT2D eigenvalue weighted by Gasteiger charge is 2.35. The molecule has 0 fully saturated rings. The van der Waals surface area contributed by atoms with Crippen molar-refractivity contribution in [2.45, 2.75) is 19.9 Å². The van der Waals surface area contributed by atoms with Gasteiger partial charge in [-0.3, -0.25) is 19.5 Å². The Labute approximate surface area is 236 Å². The van der Waals surface area contributed by atoms with Gasteiger partial charge >= 0.3 is 5.97 Å². The summed E-state index contributed by atoms with van der Waals surface area (Å²) in [5, 5.41) is 11.2. The number of benzene rings is 2. The molecule has 1 atom stereocenters. The number of thiazole rings is 1. The number of aromatic nitrogens is 1. The van der Waals surface area contributed by atoms with Gasteiger partial charge in [0.2, 0.25) is 0 Å². The van der Waals surface area contributed by atoms with E-state index in [4.69, 9.17) is 25.5 Å². The first-order valence-electron chi connectivity index (χ1n) is 12.1. The van der Waals surface area contributed by atoms with Gasteiger partial charge in [0.05, 0.1) is 39.5 Å². The van der Waals surface area contributed by atoms with Crippen molar-refractivity contribution in [3.8, 4) is 17.1 Å². The van der Waals surface area contributed by atoms with Crippen molar-refractivity contribution in [1.82, 2.24) is 4.57 Å². The van der Waals surface area contributed by atoms with Gasteiger partial charge in [0.15, 0.2) is 4.80 Å². The second-order valence-electron chi connectivity index (χ2n) is 8.67. The largest absolute Gasteiger partial charge is 0.496 e. The lowest BCUT2D eigenvalue weighted by Gasteiger charge is -2.25. The molecule has 1 unspecified atom stereocenters. The van der Waals surface area contributed by atoms with E-state index in [9.17, 15) is 19.7 Å². The third-order valence-electron chi connectivity index (χ3n) is 6.28. The minimum absolute atomic E-state index is 0.135. The summed E-state index contributed by atoms with van der Waals surface area (Å²) in [5.74, 6) is 0.690. The minimum atomic E-state index is -0.820. The molecule has 5 rings (SSSR count). The van der Waals surface area contributed by atoms with E-state index in [0.29, 0.717) is 43.4 Å². The van der Waals surface area contributed by atoms with Crippen molar-refractivity contribution in [3.63, 3.8) is 0 Å². The number of halogens is 1. The Bertz CT molecular complexity index is 1870. The van der Waals surface area contributed by atoms with Crippen LogP contribution in [-0.2, 0) is 9.53 Å². The lowest BCUT2D eigenvalue weighted by molar-refractivity contribution is -0.384. The topological polar surface area (TPSA) is 126 Å². The highest BCUT2D eigenvalue weighted by atomic mass is 35.5. The van der Waals surface area contributed by atoms with Crippen molar-refractivity contribution in [1.29, 1.82) is 0 Å². The molecule has 0 bridgehead atoms. The van der Waals surface area contributed by atoms with Gasteiger partial charge in [0, 0.05) is 29.3 Å². The Morgan fingerprint density at radius 3 is 2.73 bits per heavy atom. The zero-order valence-electron chi connectivity index (χ0n) is 21.5. The van der Waals surface area contributed by atoms with Gasteiger partial charge in [-0.05, 0) is 38.1 Å². The van der Waals surface area contributed by atoms with Crippen LogP contribution in [0, 0.1) is 10.1 Å². The molecule has 2 aromatic carbocycles. The number of ether oxygens (including phenoxy) is 2. The summed E-state index contributed by atoms with van der Waals surface area (Å²) < 4.78 is 18.6. The highest BCUT2D eigenvalue weighted by molar-refractivity contribution is 7.07. The molecule has 0 spiro atoms. The van der Waals surface area contributed by atoms with Crippen LogP contribution in [0.2, 0.25) is 5.02 Å². The van der Waals surface area contributed by atoms with Crippen LogP contribution in [-0.4, -0.2) is 29.2 Å². The molecule has 1 aliphatic heterocycles. The molecule has 0 radical (unpaired) electrons. The van der Waals surface area contributed by atoms with E-state index in [0.717, 1.165) is 11.3 Å². The monoisotopic (exact) mass is 579 g/mol. The van der Waals surface area contributed by atoms with Crippen molar-refractivity contribution >= 4 is 40.7 Å². The number of allylic oxidation sites excluding steroid dienone is 1. The third-order valence-corrected chi connectivity index (χ3v) is 7.58. The molecule has 10 nitrogen and oxygen atoms in total. The SMILES string of the molecule is CCOC(=O)C1=C(C)N=c2s/c(=C/c3ccc(-c4ccc([N+](=O)[O-])cc4Cl)o3)c(=O)n2C1c1ccccc1OC. The first-order chi connectivity index (χ1) is 19.2. The Kier molecular flexibility index (Phi) is 7.42. The highest BCUT2D eigenvalue weighted by Crippen LogP contribution is 2.36. The molecule has 0 saturated carbocycles. The Balaban J connectivity index is 1.63.